The van der Waals surface area contributed by atoms with Crippen LogP contribution in [-0.4, -0.2) is 25.2 Å². The molecule has 1 atom stereocenters. The molecule has 0 radical (unpaired) electrons. The molecule has 0 bridgehead atoms. The van der Waals surface area contributed by atoms with Gasteiger partial charge in [-0.3, -0.25) is 0 Å². The molecule has 1 unspecified atom stereocenters. The summed E-state index contributed by atoms with van der Waals surface area (Å²) in [6, 6.07) is 7.97. The van der Waals surface area contributed by atoms with Crippen LogP contribution in [0.3, 0.4) is 0 Å². The van der Waals surface area contributed by atoms with Gasteiger partial charge in [-0.05, 0) is 31.5 Å². The summed E-state index contributed by atoms with van der Waals surface area (Å²) >= 11 is 7.83. The largest absolute Gasteiger partial charge is 0.383 e. The first kappa shape index (κ1) is 15.4. The van der Waals surface area contributed by atoms with Gasteiger partial charge in [0.15, 0.2) is 0 Å². The van der Waals surface area contributed by atoms with E-state index in [0.29, 0.717) is 6.61 Å². The molecule has 0 saturated heterocycles. The number of rotatable bonds is 6. The van der Waals surface area contributed by atoms with E-state index in [4.69, 9.17) is 16.3 Å². The summed E-state index contributed by atoms with van der Waals surface area (Å²) in [5.74, 6) is 0. The van der Waals surface area contributed by atoms with Gasteiger partial charge < -0.3 is 10.1 Å². The third-order valence-corrected chi connectivity index (χ3v) is 4.50. The van der Waals surface area contributed by atoms with Gasteiger partial charge in [0.2, 0.25) is 0 Å². The maximum absolute atomic E-state index is 6.10. The van der Waals surface area contributed by atoms with Gasteiger partial charge >= 0.3 is 0 Å². The van der Waals surface area contributed by atoms with Crippen molar-refractivity contribution in [3.8, 4) is 0 Å². The second-order valence-corrected chi connectivity index (χ2v) is 6.30. The van der Waals surface area contributed by atoms with Crippen LogP contribution in [0, 0.1) is 13.8 Å². The molecule has 2 rings (SSSR count). The van der Waals surface area contributed by atoms with E-state index < -0.39 is 0 Å². The van der Waals surface area contributed by atoms with Gasteiger partial charge in [0.1, 0.15) is 5.01 Å². The molecule has 0 aliphatic heterocycles. The monoisotopic (exact) mass is 310 g/mol. The lowest BCUT2D eigenvalue weighted by Crippen LogP contribution is -2.26. The lowest BCUT2D eigenvalue weighted by Gasteiger charge is -2.17. The summed E-state index contributed by atoms with van der Waals surface area (Å²) in [6.45, 7) is 5.58. The predicted molar refractivity (Wildman–Crippen MR) is 84.8 cm³/mol. The van der Waals surface area contributed by atoms with Gasteiger partial charge in [-0.15, -0.1) is 11.3 Å². The van der Waals surface area contributed by atoms with Crippen molar-refractivity contribution in [2.75, 3.05) is 20.3 Å². The Kier molecular flexibility index (Phi) is 5.54. The normalized spacial score (nSPS) is 12.6. The number of aromatic nitrogens is 1. The zero-order valence-electron chi connectivity index (χ0n) is 11.9. The number of thiazole rings is 1. The highest BCUT2D eigenvalue weighted by Gasteiger charge is 2.18. The number of benzene rings is 1. The Hall–Kier alpha value is -0.940. The van der Waals surface area contributed by atoms with Crippen LogP contribution < -0.4 is 5.32 Å². The lowest BCUT2D eigenvalue weighted by molar-refractivity contribution is 0.197. The molecule has 0 aliphatic rings. The van der Waals surface area contributed by atoms with Crippen LogP contribution in [0.25, 0.3) is 0 Å². The second-order valence-electron chi connectivity index (χ2n) is 4.63. The molecule has 0 saturated carbocycles. The summed E-state index contributed by atoms with van der Waals surface area (Å²) in [5.41, 5.74) is 2.22. The molecule has 3 nitrogen and oxygen atoms in total. The van der Waals surface area contributed by atoms with Gasteiger partial charge in [-0.2, -0.15) is 0 Å². The number of hydrogen-bond donors (Lipinski definition) is 1. The van der Waals surface area contributed by atoms with E-state index in [1.54, 1.807) is 18.4 Å². The molecule has 0 fully saturated rings. The Labute approximate surface area is 129 Å². The molecule has 5 heteroatoms. The molecule has 0 amide bonds. The van der Waals surface area contributed by atoms with Crippen molar-refractivity contribution in [1.29, 1.82) is 0 Å². The van der Waals surface area contributed by atoms with Crippen LogP contribution in [0.2, 0.25) is 5.02 Å². The Morgan fingerprint density at radius 1 is 1.40 bits per heavy atom. The van der Waals surface area contributed by atoms with E-state index in [2.05, 4.69) is 23.3 Å². The van der Waals surface area contributed by atoms with Crippen LogP contribution >= 0.6 is 22.9 Å². The summed E-state index contributed by atoms with van der Waals surface area (Å²) in [7, 11) is 1.70. The maximum atomic E-state index is 6.10. The zero-order valence-corrected chi connectivity index (χ0v) is 13.5. The van der Waals surface area contributed by atoms with Crippen LogP contribution in [-0.2, 0) is 4.74 Å². The van der Waals surface area contributed by atoms with Gasteiger partial charge in [-0.1, -0.05) is 23.7 Å². The van der Waals surface area contributed by atoms with Crippen molar-refractivity contribution in [3.63, 3.8) is 0 Å². The molecule has 1 aromatic carbocycles. The number of aryl methyl sites for hydroxylation is 2. The Morgan fingerprint density at radius 2 is 2.20 bits per heavy atom. The molecule has 2 aromatic rings. The minimum absolute atomic E-state index is 0.0567. The Balaban J connectivity index is 2.28. The number of ether oxygens (including phenoxy) is 1. The highest BCUT2D eigenvalue weighted by Crippen LogP contribution is 2.29. The van der Waals surface area contributed by atoms with Crippen LogP contribution in [0.1, 0.15) is 27.2 Å². The van der Waals surface area contributed by atoms with Gasteiger partial charge in [0.05, 0.1) is 18.3 Å². The second kappa shape index (κ2) is 7.18. The molecular formula is C15H19ClN2OS. The first-order valence-corrected chi connectivity index (χ1v) is 7.73. The van der Waals surface area contributed by atoms with Gasteiger partial charge in [0.25, 0.3) is 0 Å². The van der Waals surface area contributed by atoms with Crippen molar-refractivity contribution < 1.29 is 4.74 Å². The van der Waals surface area contributed by atoms with E-state index in [9.17, 15) is 0 Å². The minimum atomic E-state index is 0.0567. The van der Waals surface area contributed by atoms with E-state index in [1.165, 1.54) is 4.88 Å². The number of methoxy groups -OCH3 is 1. The van der Waals surface area contributed by atoms with Crippen molar-refractivity contribution in [2.24, 2.45) is 0 Å². The smallest absolute Gasteiger partial charge is 0.115 e. The molecule has 1 heterocycles. The molecule has 20 heavy (non-hydrogen) atoms. The maximum Gasteiger partial charge on any atom is 0.115 e. The third kappa shape index (κ3) is 3.79. The van der Waals surface area contributed by atoms with Crippen molar-refractivity contribution in [3.05, 3.63) is 50.4 Å². The lowest BCUT2D eigenvalue weighted by atomic mass is 10.1. The Bertz CT molecular complexity index is 551. The fourth-order valence-electron chi connectivity index (χ4n) is 1.96. The summed E-state index contributed by atoms with van der Waals surface area (Å²) in [6.07, 6.45) is 0. The van der Waals surface area contributed by atoms with Gasteiger partial charge in [-0.25, -0.2) is 4.98 Å². The number of nitrogens with zero attached hydrogens (tertiary/aromatic N) is 1. The zero-order chi connectivity index (χ0) is 14.5. The predicted octanol–water partition coefficient (Wildman–Crippen LogP) is 3.74. The highest BCUT2D eigenvalue weighted by molar-refractivity contribution is 7.11. The minimum Gasteiger partial charge on any atom is -0.383 e. The number of hydrogen-bond acceptors (Lipinski definition) is 4. The van der Waals surface area contributed by atoms with Crippen LogP contribution in [0.15, 0.2) is 24.3 Å². The standard InChI is InChI=1S/C15H19ClN2OS/c1-10-11(2)20-15(18-10)14(17-7-8-19-3)12-5-4-6-13(16)9-12/h4-6,9,14,17H,7-8H2,1-3H3. The number of halogens is 1. The summed E-state index contributed by atoms with van der Waals surface area (Å²) in [5, 5.41) is 5.29. The van der Waals surface area contributed by atoms with Gasteiger partial charge in [0, 0.05) is 23.6 Å². The first-order valence-electron chi connectivity index (χ1n) is 6.53. The quantitative estimate of drug-likeness (QED) is 0.825. The summed E-state index contributed by atoms with van der Waals surface area (Å²) < 4.78 is 5.11. The molecule has 1 N–H and O–H groups in total. The topological polar surface area (TPSA) is 34.1 Å². The van der Waals surface area contributed by atoms with Crippen molar-refractivity contribution in [2.45, 2.75) is 19.9 Å². The molecule has 108 valence electrons. The molecule has 0 spiro atoms. The third-order valence-electron chi connectivity index (χ3n) is 3.13. The average molecular weight is 311 g/mol. The van der Waals surface area contributed by atoms with Crippen LogP contribution in [0.5, 0.6) is 0 Å². The van der Waals surface area contributed by atoms with Crippen molar-refractivity contribution >= 4 is 22.9 Å². The molecule has 1 aromatic heterocycles. The van der Waals surface area contributed by atoms with Crippen molar-refractivity contribution in [1.82, 2.24) is 10.3 Å². The van der Waals surface area contributed by atoms with E-state index >= 15 is 0 Å². The Morgan fingerprint density at radius 3 is 2.80 bits per heavy atom. The fourth-order valence-corrected chi connectivity index (χ4v) is 3.19. The molecular weight excluding hydrogens is 292 g/mol. The fraction of sp³-hybridized carbons (Fsp3) is 0.400. The molecule has 0 aliphatic carbocycles. The summed E-state index contributed by atoms with van der Waals surface area (Å²) in [4.78, 5) is 5.92. The first-order chi connectivity index (χ1) is 9.61. The van der Waals surface area contributed by atoms with Crippen LogP contribution in [0.4, 0.5) is 0 Å². The average Bonchev–Trinajstić information content (AvgIpc) is 2.74. The number of nitrogens with one attached hydrogen (secondary N) is 1. The van der Waals surface area contributed by atoms with E-state index in [0.717, 1.165) is 27.8 Å². The van der Waals surface area contributed by atoms with E-state index in [1.807, 2.05) is 25.1 Å². The van der Waals surface area contributed by atoms with E-state index in [-0.39, 0.29) is 6.04 Å². The highest BCUT2D eigenvalue weighted by atomic mass is 35.5. The SMILES string of the molecule is COCCNC(c1cccc(Cl)c1)c1nc(C)c(C)s1.